The summed E-state index contributed by atoms with van der Waals surface area (Å²) in [5.41, 5.74) is 3.92. The van der Waals surface area contributed by atoms with E-state index in [1.54, 1.807) is 14.2 Å². The van der Waals surface area contributed by atoms with Crippen LogP contribution < -0.4 is 9.47 Å². The minimum atomic E-state index is 0.384. The summed E-state index contributed by atoms with van der Waals surface area (Å²) in [6.07, 6.45) is 0. The van der Waals surface area contributed by atoms with Crippen LogP contribution in [0.3, 0.4) is 0 Å². The molecule has 0 spiro atoms. The molecule has 90 valence electrons. The third kappa shape index (κ3) is 2.09. The second-order valence-corrected chi connectivity index (χ2v) is 4.08. The number of rotatable bonds is 4. The van der Waals surface area contributed by atoms with Crippen molar-refractivity contribution in [1.29, 1.82) is 0 Å². The molecule has 0 radical (unpaired) electrons. The Morgan fingerprint density at radius 1 is 0.812 bits per heavy atom. The van der Waals surface area contributed by atoms with Gasteiger partial charge in [-0.3, -0.25) is 0 Å². The first kappa shape index (κ1) is 13.5. The fourth-order valence-electron chi connectivity index (χ4n) is 1.95. The van der Waals surface area contributed by atoms with Crippen LogP contribution in [0.5, 0.6) is 11.5 Å². The Balaban J connectivity index is 3.61. The lowest BCUT2D eigenvalue weighted by molar-refractivity contribution is 0.391. The third-order valence-electron chi connectivity index (χ3n) is 2.81. The van der Waals surface area contributed by atoms with Crippen molar-refractivity contribution in [2.45, 2.75) is 25.6 Å². The highest BCUT2D eigenvalue weighted by molar-refractivity contribution is 6.18. The summed E-state index contributed by atoms with van der Waals surface area (Å²) in [5, 5.41) is 0. The zero-order chi connectivity index (χ0) is 12.3. The van der Waals surface area contributed by atoms with Gasteiger partial charge < -0.3 is 9.47 Å². The highest BCUT2D eigenvalue weighted by atomic mass is 35.5. The van der Waals surface area contributed by atoms with Crippen LogP contribution in [0.25, 0.3) is 0 Å². The summed E-state index contributed by atoms with van der Waals surface area (Å²) in [7, 11) is 3.28. The standard InChI is InChI=1S/C12H16Cl2O2/c1-7-9(5-13)12(16-4)10(6-14)8(2)11(7)15-3/h5-6H2,1-4H3. The number of hydrogen-bond donors (Lipinski definition) is 0. The summed E-state index contributed by atoms with van der Waals surface area (Å²) >= 11 is 11.9. The molecule has 0 N–H and O–H groups in total. The monoisotopic (exact) mass is 262 g/mol. The largest absolute Gasteiger partial charge is 0.496 e. The van der Waals surface area contributed by atoms with Gasteiger partial charge in [-0.15, -0.1) is 23.2 Å². The van der Waals surface area contributed by atoms with Gasteiger partial charge in [0, 0.05) is 11.1 Å². The Kier molecular flexibility index (Phi) is 4.75. The number of ether oxygens (including phenoxy) is 2. The zero-order valence-corrected chi connectivity index (χ0v) is 11.5. The molecule has 0 fully saturated rings. The smallest absolute Gasteiger partial charge is 0.128 e. The Morgan fingerprint density at radius 2 is 1.19 bits per heavy atom. The molecule has 0 saturated carbocycles. The van der Waals surface area contributed by atoms with Crippen LogP contribution in [0.1, 0.15) is 22.3 Å². The maximum absolute atomic E-state index is 5.95. The average molecular weight is 263 g/mol. The lowest BCUT2D eigenvalue weighted by Gasteiger charge is -2.19. The van der Waals surface area contributed by atoms with E-state index in [2.05, 4.69) is 0 Å². The summed E-state index contributed by atoms with van der Waals surface area (Å²) in [6.45, 7) is 3.95. The quantitative estimate of drug-likeness (QED) is 0.769. The lowest BCUT2D eigenvalue weighted by atomic mass is 9.98. The van der Waals surface area contributed by atoms with Crippen LogP contribution in [-0.2, 0) is 11.8 Å². The predicted octanol–water partition coefficient (Wildman–Crippen LogP) is 3.80. The second kappa shape index (κ2) is 5.65. The molecule has 0 aliphatic heterocycles. The first-order valence-corrected chi connectivity index (χ1v) is 6.04. The van der Waals surface area contributed by atoms with E-state index in [9.17, 15) is 0 Å². The van der Waals surface area contributed by atoms with Gasteiger partial charge in [0.25, 0.3) is 0 Å². The van der Waals surface area contributed by atoms with Crippen LogP contribution in [0.4, 0.5) is 0 Å². The van der Waals surface area contributed by atoms with Gasteiger partial charge in [-0.25, -0.2) is 0 Å². The molecular weight excluding hydrogens is 247 g/mol. The zero-order valence-electron chi connectivity index (χ0n) is 9.99. The predicted molar refractivity (Wildman–Crippen MR) is 68.1 cm³/mol. The van der Waals surface area contributed by atoms with Gasteiger partial charge in [0.05, 0.1) is 26.0 Å². The highest BCUT2D eigenvalue weighted by Gasteiger charge is 2.19. The Bertz CT molecular complexity index is 358. The first-order chi connectivity index (χ1) is 7.62. The van der Waals surface area contributed by atoms with E-state index in [-0.39, 0.29) is 0 Å². The molecule has 0 aliphatic rings. The van der Waals surface area contributed by atoms with Crippen molar-refractivity contribution in [2.24, 2.45) is 0 Å². The molecule has 1 rings (SSSR count). The molecular formula is C12H16Cl2O2. The van der Waals surface area contributed by atoms with Crippen molar-refractivity contribution >= 4 is 23.2 Å². The summed E-state index contributed by atoms with van der Waals surface area (Å²) in [6, 6.07) is 0. The Morgan fingerprint density at radius 3 is 1.44 bits per heavy atom. The molecule has 16 heavy (non-hydrogen) atoms. The number of halogens is 2. The number of alkyl halides is 2. The molecule has 2 nitrogen and oxygen atoms in total. The van der Waals surface area contributed by atoms with Gasteiger partial charge in [-0.05, 0) is 25.0 Å². The van der Waals surface area contributed by atoms with E-state index in [1.807, 2.05) is 13.8 Å². The number of methoxy groups -OCH3 is 2. The number of hydrogen-bond acceptors (Lipinski definition) is 2. The van der Waals surface area contributed by atoms with Crippen molar-refractivity contribution in [2.75, 3.05) is 14.2 Å². The topological polar surface area (TPSA) is 18.5 Å². The third-order valence-corrected chi connectivity index (χ3v) is 3.34. The van der Waals surface area contributed by atoms with Crippen molar-refractivity contribution in [1.82, 2.24) is 0 Å². The lowest BCUT2D eigenvalue weighted by Crippen LogP contribution is -2.04. The van der Waals surface area contributed by atoms with Gasteiger partial charge in [0.15, 0.2) is 0 Å². The number of benzene rings is 1. The fraction of sp³-hybridized carbons (Fsp3) is 0.500. The molecule has 0 atom stereocenters. The molecule has 0 saturated heterocycles. The maximum atomic E-state index is 5.95. The van der Waals surface area contributed by atoms with E-state index in [0.717, 1.165) is 33.8 Å². The van der Waals surface area contributed by atoms with E-state index >= 15 is 0 Å². The van der Waals surface area contributed by atoms with Crippen LogP contribution in [0.2, 0.25) is 0 Å². The molecule has 1 aromatic rings. The molecule has 4 heteroatoms. The van der Waals surface area contributed by atoms with Crippen LogP contribution in [0, 0.1) is 13.8 Å². The minimum Gasteiger partial charge on any atom is -0.496 e. The van der Waals surface area contributed by atoms with Gasteiger partial charge >= 0.3 is 0 Å². The molecule has 0 bridgehead atoms. The van der Waals surface area contributed by atoms with Crippen molar-refractivity contribution < 1.29 is 9.47 Å². The highest BCUT2D eigenvalue weighted by Crippen LogP contribution is 2.39. The first-order valence-electron chi connectivity index (χ1n) is 4.97. The molecule has 0 heterocycles. The van der Waals surface area contributed by atoms with Gasteiger partial charge in [0.2, 0.25) is 0 Å². The van der Waals surface area contributed by atoms with E-state index in [4.69, 9.17) is 32.7 Å². The van der Waals surface area contributed by atoms with Crippen LogP contribution in [0.15, 0.2) is 0 Å². The van der Waals surface area contributed by atoms with Gasteiger partial charge in [-0.2, -0.15) is 0 Å². The van der Waals surface area contributed by atoms with Gasteiger partial charge in [0.1, 0.15) is 11.5 Å². The second-order valence-electron chi connectivity index (χ2n) is 3.54. The average Bonchev–Trinajstić information content (AvgIpc) is 2.29. The minimum absolute atomic E-state index is 0.384. The normalized spacial score (nSPS) is 10.4. The van der Waals surface area contributed by atoms with E-state index in [1.165, 1.54) is 0 Å². The van der Waals surface area contributed by atoms with Gasteiger partial charge in [-0.1, -0.05) is 0 Å². The summed E-state index contributed by atoms with van der Waals surface area (Å²) in [4.78, 5) is 0. The summed E-state index contributed by atoms with van der Waals surface area (Å²) in [5.74, 6) is 2.39. The maximum Gasteiger partial charge on any atom is 0.128 e. The van der Waals surface area contributed by atoms with Crippen molar-refractivity contribution in [3.05, 3.63) is 22.3 Å². The Labute approximate surface area is 106 Å². The van der Waals surface area contributed by atoms with Crippen molar-refractivity contribution in [3.63, 3.8) is 0 Å². The van der Waals surface area contributed by atoms with Crippen LogP contribution in [-0.4, -0.2) is 14.2 Å². The van der Waals surface area contributed by atoms with Crippen LogP contribution >= 0.6 is 23.2 Å². The van der Waals surface area contributed by atoms with E-state index in [0.29, 0.717) is 11.8 Å². The summed E-state index contributed by atoms with van der Waals surface area (Å²) < 4.78 is 10.8. The molecule has 0 amide bonds. The molecule has 0 unspecified atom stereocenters. The van der Waals surface area contributed by atoms with Crippen molar-refractivity contribution in [3.8, 4) is 11.5 Å². The molecule has 0 aliphatic carbocycles. The Hall–Kier alpha value is -0.600. The SMILES string of the molecule is COc1c(C)c(CCl)c(OC)c(CCl)c1C. The molecule has 1 aromatic carbocycles. The van der Waals surface area contributed by atoms with E-state index < -0.39 is 0 Å². The fourth-order valence-corrected chi connectivity index (χ4v) is 2.60. The molecule has 0 aromatic heterocycles.